The Balaban J connectivity index is 2.47. The molecular formula is C12H14BrNO2. The highest BCUT2D eigenvalue weighted by Gasteiger charge is 2.41. The third-order valence-corrected chi connectivity index (χ3v) is 3.90. The lowest BCUT2D eigenvalue weighted by molar-refractivity contribution is -0.127. The van der Waals surface area contributed by atoms with Crippen molar-refractivity contribution in [2.24, 2.45) is 5.73 Å². The van der Waals surface area contributed by atoms with Gasteiger partial charge in [-0.25, -0.2) is 0 Å². The van der Waals surface area contributed by atoms with Crippen molar-refractivity contribution in [3.63, 3.8) is 0 Å². The van der Waals surface area contributed by atoms with Gasteiger partial charge in [-0.3, -0.25) is 4.79 Å². The number of amides is 1. The minimum Gasteiger partial charge on any atom is -0.381 e. The van der Waals surface area contributed by atoms with Gasteiger partial charge >= 0.3 is 0 Å². The first-order valence-electron chi connectivity index (χ1n) is 5.29. The number of carbonyl (C=O) groups is 1. The molecule has 3 nitrogen and oxygen atoms in total. The molecule has 16 heavy (non-hydrogen) atoms. The molecular weight excluding hydrogens is 270 g/mol. The second-order valence-electron chi connectivity index (χ2n) is 4.04. The Labute approximate surface area is 103 Å². The van der Waals surface area contributed by atoms with E-state index in [1.807, 2.05) is 24.3 Å². The summed E-state index contributed by atoms with van der Waals surface area (Å²) in [6, 6.07) is 7.76. The Bertz CT molecular complexity index is 400. The van der Waals surface area contributed by atoms with Gasteiger partial charge in [0.2, 0.25) is 5.91 Å². The van der Waals surface area contributed by atoms with Crippen molar-refractivity contribution in [1.29, 1.82) is 0 Å². The van der Waals surface area contributed by atoms with E-state index in [2.05, 4.69) is 15.9 Å². The first-order valence-corrected chi connectivity index (χ1v) is 6.09. The van der Waals surface area contributed by atoms with Crippen molar-refractivity contribution in [3.8, 4) is 0 Å². The number of nitrogens with two attached hydrogens (primary N) is 1. The molecule has 1 aliphatic heterocycles. The molecule has 1 amide bonds. The van der Waals surface area contributed by atoms with Crippen LogP contribution in [0.4, 0.5) is 0 Å². The number of benzene rings is 1. The van der Waals surface area contributed by atoms with Crippen molar-refractivity contribution < 1.29 is 9.53 Å². The Hall–Kier alpha value is -0.870. The lowest BCUT2D eigenvalue weighted by Crippen LogP contribution is -2.45. The lowest BCUT2D eigenvalue weighted by Gasteiger charge is -2.35. The third kappa shape index (κ3) is 1.87. The number of carbonyl (C=O) groups excluding carboxylic acids is 1. The topological polar surface area (TPSA) is 52.3 Å². The summed E-state index contributed by atoms with van der Waals surface area (Å²) in [6.07, 6.45) is 1.32. The van der Waals surface area contributed by atoms with E-state index in [9.17, 15) is 4.79 Å². The fourth-order valence-electron chi connectivity index (χ4n) is 2.22. The molecule has 0 atom stereocenters. The zero-order valence-electron chi connectivity index (χ0n) is 8.91. The van der Waals surface area contributed by atoms with Crippen LogP contribution in [-0.2, 0) is 14.9 Å². The average Bonchev–Trinajstić information content (AvgIpc) is 2.30. The second-order valence-corrected chi connectivity index (χ2v) is 4.89. The van der Waals surface area contributed by atoms with Gasteiger partial charge in [-0.05, 0) is 24.5 Å². The number of hydrogen-bond acceptors (Lipinski definition) is 2. The van der Waals surface area contributed by atoms with Gasteiger partial charge in [-0.1, -0.05) is 34.1 Å². The minimum atomic E-state index is -0.571. The molecule has 0 aliphatic carbocycles. The normalized spacial score (nSPS) is 19.3. The summed E-state index contributed by atoms with van der Waals surface area (Å²) in [5.74, 6) is -0.261. The molecule has 86 valence electrons. The van der Waals surface area contributed by atoms with Crippen LogP contribution in [-0.4, -0.2) is 19.1 Å². The van der Waals surface area contributed by atoms with E-state index in [0.717, 1.165) is 10.0 Å². The highest BCUT2D eigenvalue weighted by atomic mass is 79.9. The molecule has 0 unspecified atom stereocenters. The van der Waals surface area contributed by atoms with Crippen LogP contribution < -0.4 is 5.73 Å². The maximum absolute atomic E-state index is 11.8. The maximum Gasteiger partial charge on any atom is 0.228 e. The molecule has 2 N–H and O–H groups in total. The highest BCUT2D eigenvalue weighted by molar-refractivity contribution is 9.10. The van der Waals surface area contributed by atoms with Gasteiger partial charge in [0.15, 0.2) is 0 Å². The van der Waals surface area contributed by atoms with Gasteiger partial charge < -0.3 is 10.5 Å². The van der Waals surface area contributed by atoms with Crippen LogP contribution in [0, 0.1) is 0 Å². The Morgan fingerprint density at radius 2 is 1.94 bits per heavy atom. The van der Waals surface area contributed by atoms with Crippen molar-refractivity contribution in [2.45, 2.75) is 18.3 Å². The molecule has 0 radical (unpaired) electrons. The maximum atomic E-state index is 11.8. The second kappa shape index (κ2) is 4.55. The van der Waals surface area contributed by atoms with Crippen molar-refractivity contribution in [1.82, 2.24) is 0 Å². The number of ether oxygens (including phenoxy) is 1. The predicted octanol–water partition coefficient (Wildman–Crippen LogP) is 1.98. The van der Waals surface area contributed by atoms with E-state index < -0.39 is 5.41 Å². The SMILES string of the molecule is NC(=O)C1(c2ccccc2Br)CCOCC1. The Morgan fingerprint density at radius 1 is 1.31 bits per heavy atom. The molecule has 1 aromatic rings. The zero-order valence-corrected chi connectivity index (χ0v) is 10.5. The van der Waals surface area contributed by atoms with E-state index in [-0.39, 0.29) is 5.91 Å². The van der Waals surface area contributed by atoms with Gasteiger partial charge in [-0.2, -0.15) is 0 Å². The Morgan fingerprint density at radius 3 is 2.50 bits per heavy atom. The van der Waals surface area contributed by atoms with Crippen LogP contribution >= 0.6 is 15.9 Å². The quantitative estimate of drug-likeness (QED) is 0.902. The van der Waals surface area contributed by atoms with Gasteiger partial charge in [0.05, 0.1) is 5.41 Å². The summed E-state index contributed by atoms with van der Waals surface area (Å²) in [6.45, 7) is 1.18. The summed E-state index contributed by atoms with van der Waals surface area (Å²) < 4.78 is 6.25. The standard InChI is InChI=1S/C12H14BrNO2/c13-10-4-2-1-3-9(10)12(11(14)15)5-7-16-8-6-12/h1-4H,5-8H2,(H2,14,15). The molecule has 1 aromatic carbocycles. The summed E-state index contributed by atoms with van der Waals surface area (Å²) in [5, 5.41) is 0. The van der Waals surface area contributed by atoms with E-state index in [4.69, 9.17) is 10.5 Å². The van der Waals surface area contributed by atoms with Crippen LogP contribution in [0.25, 0.3) is 0 Å². The van der Waals surface area contributed by atoms with Crippen LogP contribution in [0.15, 0.2) is 28.7 Å². The summed E-state index contributed by atoms with van der Waals surface area (Å²) >= 11 is 3.49. The lowest BCUT2D eigenvalue weighted by atomic mass is 9.73. The highest BCUT2D eigenvalue weighted by Crippen LogP contribution is 2.38. The van der Waals surface area contributed by atoms with Crippen LogP contribution in [0.3, 0.4) is 0 Å². The predicted molar refractivity (Wildman–Crippen MR) is 65.1 cm³/mol. The molecule has 0 aromatic heterocycles. The fraction of sp³-hybridized carbons (Fsp3) is 0.417. The molecule has 1 aliphatic rings. The average molecular weight is 284 g/mol. The molecule has 1 saturated heterocycles. The molecule has 1 heterocycles. The first-order chi connectivity index (χ1) is 7.67. The van der Waals surface area contributed by atoms with Crippen molar-refractivity contribution in [2.75, 3.05) is 13.2 Å². The van der Waals surface area contributed by atoms with E-state index in [1.165, 1.54) is 0 Å². The van der Waals surface area contributed by atoms with E-state index >= 15 is 0 Å². The molecule has 0 saturated carbocycles. The van der Waals surface area contributed by atoms with Gasteiger partial charge in [0, 0.05) is 17.7 Å². The van der Waals surface area contributed by atoms with Crippen LogP contribution in [0.1, 0.15) is 18.4 Å². The summed E-state index contributed by atoms with van der Waals surface area (Å²) in [7, 11) is 0. The summed E-state index contributed by atoms with van der Waals surface area (Å²) in [4.78, 5) is 11.8. The molecule has 1 fully saturated rings. The van der Waals surface area contributed by atoms with E-state index in [1.54, 1.807) is 0 Å². The minimum absolute atomic E-state index is 0.261. The molecule has 2 rings (SSSR count). The Kier molecular flexibility index (Phi) is 3.30. The number of rotatable bonds is 2. The monoisotopic (exact) mass is 283 g/mol. The number of primary amides is 1. The molecule has 4 heteroatoms. The van der Waals surface area contributed by atoms with Gasteiger partial charge in [0.1, 0.15) is 0 Å². The van der Waals surface area contributed by atoms with E-state index in [0.29, 0.717) is 26.1 Å². The van der Waals surface area contributed by atoms with Crippen molar-refractivity contribution >= 4 is 21.8 Å². The van der Waals surface area contributed by atoms with Crippen molar-refractivity contribution in [3.05, 3.63) is 34.3 Å². The summed E-state index contributed by atoms with van der Waals surface area (Å²) in [5.41, 5.74) is 5.99. The largest absolute Gasteiger partial charge is 0.381 e. The van der Waals surface area contributed by atoms with Gasteiger partial charge in [-0.15, -0.1) is 0 Å². The first kappa shape index (κ1) is 11.6. The molecule has 0 spiro atoms. The zero-order chi connectivity index (χ0) is 11.6. The van der Waals surface area contributed by atoms with Gasteiger partial charge in [0.25, 0.3) is 0 Å². The molecule has 0 bridgehead atoms. The number of halogens is 1. The van der Waals surface area contributed by atoms with Crippen LogP contribution in [0.2, 0.25) is 0 Å². The third-order valence-electron chi connectivity index (χ3n) is 3.21. The fourth-order valence-corrected chi connectivity index (χ4v) is 2.88. The number of hydrogen-bond donors (Lipinski definition) is 1. The smallest absolute Gasteiger partial charge is 0.228 e. The van der Waals surface area contributed by atoms with Crippen LogP contribution in [0.5, 0.6) is 0 Å².